The molecule has 2 aromatic carbocycles. The van der Waals surface area contributed by atoms with E-state index in [1.807, 2.05) is 0 Å². The second kappa shape index (κ2) is 10.1. The van der Waals surface area contributed by atoms with Gasteiger partial charge >= 0.3 is 0 Å². The quantitative estimate of drug-likeness (QED) is 0.259. The summed E-state index contributed by atoms with van der Waals surface area (Å²) in [6.07, 6.45) is 3.28. The van der Waals surface area contributed by atoms with E-state index in [4.69, 9.17) is 0 Å². The number of carbonyl (C=O) groups excluding carboxylic acids is 3. The van der Waals surface area contributed by atoms with Gasteiger partial charge in [0.15, 0.2) is 0 Å². The number of amides is 3. The largest absolute Gasteiger partial charge is 0.343 e. The SMILES string of the molecule is O=C(CN1C(=O)S/C(=C/c2cccn2Cc2ccccc2[N+](=O)[O-])C1=O)Nc1ccc(Br)cc1. The topological polar surface area (TPSA) is 115 Å². The Labute approximate surface area is 206 Å². The van der Waals surface area contributed by atoms with Crippen LogP contribution in [0.15, 0.2) is 76.2 Å². The maximum atomic E-state index is 12.8. The Bertz CT molecular complexity index is 1320. The number of thioether (sulfide) groups is 1. The van der Waals surface area contributed by atoms with Crippen LogP contribution >= 0.6 is 27.7 Å². The highest BCUT2D eigenvalue weighted by Gasteiger charge is 2.36. The van der Waals surface area contributed by atoms with Gasteiger partial charge < -0.3 is 9.88 Å². The van der Waals surface area contributed by atoms with Crippen LogP contribution in [0, 0.1) is 10.1 Å². The number of anilines is 1. The minimum absolute atomic E-state index is 0.000685. The fraction of sp³-hybridized carbons (Fsp3) is 0.0870. The minimum atomic E-state index is -0.570. The van der Waals surface area contributed by atoms with Crippen LogP contribution in [0.4, 0.5) is 16.2 Å². The molecule has 1 aliphatic rings. The number of nitro benzene ring substituents is 1. The molecule has 34 heavy (non-hydrogen) atoms. The number of carbonyl (C=O) groups is 3. The zero-order valence-electron chi connectivity index (χ0n) is 17.5. The van der Waals surface area contributed by atoms with E-state index >= 15 is 0 Å². The van der Waals surface area contributed by atoms with Gasteiger partial charge in [-0.2, -0.15) is 0 Å². The van der Waals surface area contributed by atoms with Crippen molar-refractivity contribution in [3.8, 4) is 0 Å². The molecule has 172 valence electrons. The first-order chi connectivity index (χ1) is 16.3. The van der Waals surface area contributed by atoms with E-state index in [-0.39, 0.29) is 17.1 Å². The van der Waals surface area contributed by atoms with Crippen molar-refractivity contribution in [2.75, 3.05) is 11.9 Å². The number of nitrogens with zero attached hydrogens (tertiary/aromatic N) is 3. The molecule has 1 N–H and O–H groups in total. The van der Waals surface area contributed by atoms with Crippen LogP contribution in [0.3, 0.4) is 0 Å². The molecule has 0 bridgehead atoms. The molecular weight excluding hydrogens is 524 g/mol. The number of halogens is 1. The molecule has 9 nitrogen and oxygen atoms in total. The van der Waals surface area contributed by atoms with Crippen LogP contribution in [-0.4, -0.2) is 38.0 Å². The summed E-state index contributed by atoms with van der Waals surface area (Å²) in [5.41, 5.74) is 1.65. The molecular formula is C23H17BrN4O5S. The van der Waals surface area contributed by atoms with Gasteiger partial charge in [-0.25, -0.2) is 0 Å². The van der Waals surface area contributed by atoms with Gasteiger partial charge in [0.2, 0.25) is 5.91 Å². The minimum Gasteiger partial charge on any atom is -0.343 e. The predicted molar refractivity (Wildman–Crippen MR) is 132 cm³/mol. The maximum absolute atomic E-state index is 12.8. The van der Waals surface area contributed by atoms with Gasteiger partial charge in [-0.15, -0.1) is 0 Å². The van der Waals surface area contributed by atoms with Crippen molar-refractivity contribution in [1.82, 2.24) is 9.47 Å². The van der Waals surface area contributed by atoms with E-state index in [1.165, 1.54) is 6.07 Å². The third-order valence-corrected chi connectivity index (χ3v) is 6.41. The van der Waals surface area contributed by atoms with Gasteiger partial charge in [0.25, 0.3) is 16.8 Å². The average Bonchev–Trinajstić information content (AvgIpc) is 3.34. The Balaban J connectivity index is 1.48. The van der Waals surface area contributed by atoms with Crippen molar-refractivity contribution in [1.29, 1.82) is 0 Å². The summed E-state index contributed by atoms with van der Waals surface area (Å²) in [4.78, 5) is 49.5. The Morgan fingerprint density at radius 1 is 1.09 bits per heavy atom. The van der Waals surface area contributed by atoms with E-state index in [2.05, 4.69) is 21.2 Å². The predicted octanol–water partition coefficient (Wildman–Crippen LogP) is 4.88. The number of nitro groups is 1. The smallest absolute Gasteiger partial charge is 0.294 e. The number of para-hydroxylation sites is 1. The molecule has 0 saturated carbocycles. The first-order valence-corrected chi connectivity index (χ1v) is 11.6. The third kappa shape index (κ3) is 5.26. The normalized spacial score (nSPS) is 14.6. The zero-order valence-corrected chi connectivity index (χ0v) is 19.9. The van der Waals surface area contributed by atoms with E-state index in [9.17, 15) is 24.5 Å². The number of hydrogen-bond donors (Lipinski definition) is 1. The lowest BCUT2D eigenvalue weighted by molar-refractivity contribution is -0.385. The van der Waals surface area contributed by atoms with Gasteiger partial charge in [0, 0.05) is 33.7 Å². The van der Waals surface area contributed by atoms with Crippen LogP contribution in [0.1, 0.15) is 11.3 Å². The fourth-order valence-corrected chi connectivity index (χ4v) is 4.44. The molecule has 1 aliphatic heterocycles. The van der Waals surface area contributed by atoms with Crippen LogP contribution in [0.25, 0.3) is 6.08 Å². The second-order valence-electron chi connectivity index (χ2n) is 7.27. The van der Waals surface area contributed by atoms with E-state index in [1.54, 1.807) is 71.4 Å². The molecule has 1 fully saturated rings. The van der Waals surface area contributed by atoms with E-state index in [0.29, 0.717) is 16.9 Å². The monoisotopic (exact) mass is 540 g/mol. The summed E-state index contributed by atoms with van der Waals surface area (Å²) in [6.45, 7) is -0.190. The highest BCUT2D eigenvalue weighted by Crippen LogP contribution is 2.32. The van der Waals surface area contributed by atoms with Crippen molar-refractivity contribution in [3.63, 3.8) is 0 Å². The summed E-state index contributed by atoms with van der Waals surface area (Å²) in [7, 11) is 0. The van der Waals surface area contributed by atoms with Crippen molar-refractivity contribution in [2.24, 2.45) is 0 Å². The van der Waals surface area contributed by atoms with E-state index in [0.717, 1.165) is 21.1 Å². The Hall–Kier alpha value is -3.70. The van der Waals surface area contributed by atoms with Gasteiger partial charge in [-0.3, -0.25) is 29.4 Å². The van der Waals surface area contributed by atoms with Crippen LogP contribution < -0.4 is 5.32 Å². The van der Waals surface area contributed by atoms with Crippen molar-refractivity contribution < 1.29 is 19.3 Å². The number of hydrogen-bond acceptors (Lipinski definition) is 6. The number of aromatic nitrogens is 1. The molecule has 1 aromatic heterocycles. The van der Waals surface area contributed by atoms with Crippen LogP contribution in [-0.2, 0) is 16.1 Å². The van der Waals surface area contributed by atoms with Gasteiger partial charge in [0.05, 0.1) is 16.4 Å². The van der Waals surface area contributed by atoms with Gasteiger partial charge in [0.1, 0.15) is 6.54 Å². The lowest BCUT2D eigenvalue weighted by Gasteiger charge is -2.12. The number of imide groups is 1. The third-order valence-electron chi connectivity index (χ3n) is 4.98. The molecule has 0 unspecified atom stereocenters. The first-order valence-electron chi connectivity index (χ1n) is 10.00. The zero-order chi connectivity index (χ0) is 24.2. The highest BCUT2D eigenvalue weighted by molar-refractivity contribution is 9.10. The summed E-state index contributed by atoms with van der Waals surface area (Å²) >= 11 is 4.06. The summed E-state index contributed by atoms with van der Waals surface area (Å²) in [5, 5.41) is 13.4. The first kappa shape index (κ1) is 23.5. The highest BCUT2D eigenvalue weighted by atomic mass is 79.9. The molecule has 0 aliphatic carbocycles. The fourth-order valence-electron chi connectivity index (χ4n) is 3.36. The standard InChI is InChI=1S/C23H17BrN4O5S/c24-16-7-9-17(10-8-16)25-21(29)14-27-22(30)20(34-23(27)31)12-18-5-3-11-26(18)13-15-4-1-2-6-19(15)28(32)33/h1-12H,13-14H2,(H,25,29)/b20-12+. The summed E-state index contributed by atoms with van der Waals surface area (Å²) in [5.74, 6) is -1.06. The van der Waals surface area contributed by atoms with Crippen molar-refractivity contribution in [3.05, 3.63) is 97.6 Å². The van der Waals surface area contributed by atoms with Gasteiger partial charge in [-0.05, 0) is 54.2 Å². The molecule has 0 spiro atoms. The van der Waals surface area contributed by atoms with Crippen molar-refractivity contribution in [2.45, 2.75) is 6.54 Å². The average molecular weight is 541 g/mol. The molecule has 0 atom stereocenters. The Morgan fingerprint density at radius 3 is 2.56 bits per heavy atom. The molecule has 11 heteroatoms. The Morgan fingerprint density at radius 2 is 1.82 bits per heavy atom. The maximum Gasteiger partial charge on any atom is 0.294 e. The summed E-state index contributed by atoms with van der Waals surface area (Å²) in [6, 6.07) is 16.8. The second-order valence-corrected chi connectivity index (χ2v) is 9.18. The van der Waals surface area contributed by atoms with Crippen molar-refractivity contribution >= 4 is 62.2 Å². The summed E-state index contributed by atoms with van der Waals surface area (Å²) < 4.78 is 2.60. The van der Waals surface area contributed by atoms with Crippen LogP contribution in [0.5, 0.6) is 0 Å². The number of benzene rings is 2. The molecule has 4 rings (SSSR count). The lowest BCUT2D eigenvalue weighted by Crippen LogP contribution is -2.36. The van der Waals surface area contributed by atoms with E-state index < -0.39 is 28.5 Å². The van der Waals surface area contributed by atoms with Gasteiger partial charge in [-0.1, -0.05) is 34.1 Å². The molecule has 3 aromatic rings. The number of rotatable bonds is 7. The number of nitrogens with one attached hydrogen (secondary N) is 1. The van der Waals surface area contributed by atoms with Crippen LogP contribution in [0.2, 0.25) is 0 Å². The lowest BCUT2D eigenvalue weighted by atomic mass is 10.2. The Kier molecular flexibility index (Phi) is 6.94. The molecule has 0 radical (unpaired) electrons. The molecule has 2 heterocycles. The molecule has 3 amide bonds. The molecule has 1 saturated heterocycles.